The summed E-state index contributed by atoms with van der Waals surface area (Å²) in [6.45, 7) is 4.38. The molecule has 7 heteroatoms. The van der Waals surface area contributed by atoms with Gasteiger partial charge < -0.3 is 10.2 Å². The highest BCUT2D eigenvalue weighted by Crippen LogP contribution is 2.21. The zero-order chi connectivity index (χ0) is 16.6. The van der Waals surface area contributed by atoms with Crippen molar-refractivity contribution in [3.05, 3.63) is 52.5 Å². The molecule has 0 radical (unpaired) electrons. The van der Waals surface area contributed by atoms with Crippen LogP contribution in [0.25, 0.3) is 4.96 Å². The van der Waals surface area contributed by atoms with Gasteiger partial charge in [-0.2, -0.15) is 0 Å². The first-order valence-electron chi connectivity index (χ1n) is 7.15. The van der Waals surface area contributed by atoms with E-state index in [1.807, 2.05) is 24.4 Å². The van der Waals surface area contributed by atoms with Gasteiger partial charge in [0, 0.05) is 23.8 Å². The van der Waals surface area contributed by atoms with Gasteiger partial charge in [0.05, 0.1) is 17.9 Å². The van der Waals surface area contributed by atoms with Crippen LogP contribution in [0.15, 0.2) is 30.5 Å². The summed E-state index contributed by atoms with van der Waals surface area (Å²) < 4.78 is 15.2. The van der Waals surface area contributed by atoms with Crippen LogP contribution in [-0.2, 0) is 6.54 Å². The summed E-state index contributed by atoms with van der Waals surface area (Å²) >= 11 is 1.62. The summed E-state index contributed by atoms with van der Waals surface area (Å²) in [5.41, 5.74) is 2.31. The minimum absolute atomic E-state index is 0.295. The van der Waals surface area contributed by atoms with Crippen molar-refractivity contribution >= 4 is 28.0 Å². The number of imidazole rings is 1. The molecular weight excluding hydrogens is 315 g/mol. The van der Waals surface area contributed by atoms with E-state index in [0.29, 0.717) is 12.2 Å². The van der Waals surface area contributed by atoms with Crippen molar-refractivity contribution in [3.63, 3.8) is 0 Å². The number of anilines is 1. The van der Waals surface area contributed by atoms with Gasteiger partial charge in [-0.3, -0.25) is 4.40 Å². The SMILES string of the molecule is Cc1cn2c(CN(C)C(=O)Nc3cccc(F)c3)c(C)nc2s1. The van der Waals surface area contributed by atoms with Gasteiger partial charge in [0.1, 0.15) is 5.82 Å². The van der Waals surface area contributed by atoms with E-state index in [9.17, 15) is 9.18 Å². The lowest BCUT2D eigenvalue weighted by atomic mass is 10.3. The molecule has 1 N–H and O–H groups in total. The molecule has 0 spiro atoms. The second-order valence-corrected chi connectivity index (χ2v) is 6.65. The first-order chi connectivity index (χ1) is 10.9. The molecule has 2 aromatic heterocycles. The maximum atomic E-state index is 13.2. The van der Waals surface area contributed by atoms with E-state index < -0.39 is 0 Å². The number of carbonyl (C=O) groups is 1. The van der Waals surface area contributed by atoms with E-state index in [0.717, 1.165) is 16.3 Å². The van der Waals surface area contributed by atoms with Gasteiger partial charge in [-0.05, 0) is 32.0 Å². The lowest BCUT2D eigenvalue weighted by molar-refractivity contribution is 0.220. The maximum absolute atomic E-state index is 13.2. The number of aromatic nitrogens is 2. The third-order valence-electron chi connectivity index (χ3n) is 3.55. The monoisotopic (exact) mass is 332 g/mol. The number of hydrogen-bond donors (Lipinski definition) is 1. The van der Waals surface area contributed by atoms with Crippen molar-refractivity contribution in [1.82, 2.24) is 14.3 Å². The van der Waals surface area contributed by atoms with E-state index in [1.165, 1.54) is 17.0 Å². The van der Waals surface area contributed by atoms with E-state index >= 15 is 0 Å². The van der Waals surface area contributed by atoms with Crippen molar-refractivity contribution in [1.29, 1.82) is 0 Å². The molecule has 0 unspecified atom stereocenters. The van der Waals surface area contributed by atoms with Crippen LogP contribution in [0, 0.1) is 19.7 Å². The van der Waals surface area contributed by atoms with Gasteiger partial charge in [0.2, 0.25) is 0 Å². The number of amides is 2. The molecule has 0 aliphatic heterocycles. The van der Waals surface area contributed by atoms with Crippen molar-refractivity contribution in [2.75, 3.05) is 12.4 Å². The van der Waals surface area contributed by atoms with Crippen LogP contribution >= 0.6 is 11.3 Å². The zero-order valence-electron chi connectivity index (χ0n) is 13.1. The van der Waals surface area contributed by atoms with Crippen molar-refractivity contribution < 1.29 is 9.18 Å². The lowest BCUT2D eigenvalue weighted by Gasteiger charge is -2.18. The summed E-state index contributed by atoms with van der Waals surface area (Å²) in [5, 5.41) is 2.69. The number of benzene rings is 1. The average Bonchev–Trinajstić information content (AvgIpc) is 2.96. The molecule has 0 saturated heterocycles. The summed E-state index contributed by atoms with van der Waals surface area (Å²) in [4.78, 5) is 20.4. The van der Waals surface area contributed by atoms with Gasteiger partial charge >= 0.3 is 6.03 Å². The number of hydrogen-bond acceptors (Lipinski definition) is 3. The first kappa shape index (κ1) is 15.5. The Morgan fingerprint density at radius 1 is 1.43 bits per heavy atom. The number of halogens is 1. The number of nitrogens with zero attached hydrogens (tertiary/aromatic N) is 3. The predicted molar refractivity (Wildman–Crippen MR) is 89.4 cm³/mol. The second-order valence-electron chi connectivity index (χ2n) is 5.43. The molecule has 0 aliphatic rings. The molecule has 2 amide bonds. The molecule has 1 aromatic carbocycles. The fourth-order valence-corrected chi connectivity index (χ4v) is 3.27. The fourth-order valence-electron chi connectivity index (χ4n) is 2.38. The number of nitrogens with one attached hydrogen (secondary N) is 1. The summed E-state index contributed by atoms with van der Waals surface area (Å²) in [6, 6.07) is 5.54. The number of fused-ring (bicyclic) bond motifs is 1. The van der Waals surface area contributed by atoms with Crippen LogP contribution in [-0.4, -0.2) is 27.4 Å². The van der Waals surface area contributed by atoms with Crippen LogP contribution in [0.3, 0.4) is 0 Å². The highest BCUT2D eigenvalue weighted by atomic mass is 32.1. The molecule has 0 atom stereocenters. The molecular formula is C16H17FN4OS. The number of carbonyl (C=O) groups excluding carboxylic acids is 1. The smallest absolute Gasteiger partial charge is 0.321 e. The first-order valence-corrected chi connectivity index (χ1v) is 7.97. The predicted octanol–water partition coefficient (Wildman–Crippen LogP) is 3.82. The topological polar surface area (TPSA) is 49.6 Å². The Labute approximate surface area is 137 Å². The van der Waals surface area contributed by atoms with Gasteiger partial charge in [0.25, 0.3) is 0 Å². The highest BCUT2D eigenvalue weighted by molar-refractivity contribution is 7.17. The fraction of sp³-hybridized carbons (Fsp3) is 0.250. The molecule has 0 saturated carbocycles. The van der Waals surface area contributed by atoms with Crippen LogP contribution in [0.5, 0.6) is 0 Å². The molecule has 3 aromatic rings. The standard InChI is InChI=1S/C16H17FN4OS/c1-10-8-21-14(11(2)18-16(21)23-10)9-20(3)15(22)19-13-6-4-5-12(17)7-13/h4-8H,9H2,1-3H3,(H,19,22). The Hall–Kier alpha value is -2.41. The van der Waals surface area contributed by atoms with Crippen LogP contribution in [0.4, 0.5) is 14.9 Å². The summed E-state index contributed by atoms with van der Waals surface area (Å²) in [5.74, 6) is -0.382. The van der Waals surface area contributed by atoms with Gasteiger partial charge in [-0.25, -0.2) is 14.2 Å². The summed E-state index contributed by atoms with van der Waals surface area (Å²) in [6.07, 6.45) is 2.02. The Morgan fingerprint density at radius 2 is 2.22 bits per heavy atom. The largest absolute Gasteiger partial charge is 0.322 e. The zero-order valence-corrected chi connectivity index (χ0v) is 13.9. The van der Waals surface area contributed by atoms with E-state index in [2.05, 4.69) is 10.3 Å². The number of aryl methyl sites for hydroxylation is 2. The van der Waals surface area contributed by atoms with Crippen LogP contribution < -0.4 is 5.32 Å². The Morgan fingerprint density at radius 3 is 2.96 bits per heavy atom. The van der Waals surface area contributed by atoms with Crippen molar-refractivity contribution in [3.8, 4) is 0 Å². The van der Waals surface area contributed by atoms with Gasteiger partial charge in [-0.15, -0.1) is 11.3 Å². The minimum atomic E-state index is -0.382. The maximum Gasteiger partial charge on any atom is 0.321 e. The third kappa shape index (κ3) is 3.19. The lowest BCUT2D eigenvalue weighted by Crippen LogP contribution is -2.31. The molecule has 5 nitrogen and oxygen atoms in total. The Balaban J connectivity index is 1.76. The summed E-state index contributed by atoms with van der Waals surface area (Å²) in [7, 11) is 1.70. The molecule has 23 heavy (non-hydrogen) atoms. The number of thiazole rings is 1. The van der Waals surface area contributed by atoms with Gasteiger partial charge in [0.15, 0.2) is 4.96 Å². The molecule has 0 aliphatic carbocycles. The van der Waals surface area contributed by atoms with Crippen molar-refractivity contribution in [2.24, 2.45) is 0 Å². The molecule has 2 heterocycles. The van der Waals surface area contributed by atoms with Crippen LogP contribution in [0.1, 0.15) is 16.3 Å². The third-order valence-corrected chi connectivity index (χ3v) is 4.45. The minimum Gasteiger partial charge on any atom is -0.322 e. The Bertz CT molecular complexity index is 870. The van der Waals surface area contributed by atoms with Crippen molar-refractivity contribution in [2.45, 2.75) is 20.4 Å². The highest BCUT2D eigenvalue weighted by Gasteiger charge is 2.16. The average molecular weight is 332 g/mol. The quantitative estimate of drug-likeness (QED) is 0.793. The molecule has 3 rings (SSSR count). The van der Waals surface area contributed by atoms with Gasteiger partial charge in [-0.1, -0.05) is 6.07 Å². The van der Waals surface area contributed by atoms with E-state index in [4.69, 9.17) is 0 Å². The van der Waals surface area contributed by atoms with E-state index in [1.54, 1.807) is 35.4 Å². The van der Waals surface area contributed by atoms with E-state index in [-0.39, 0.29) is 11.8 Å². The van der Waals surface area contributed by atoms with Crippen LogP contribution in [0.2, 0.25) is 0 Å². The Kier molecular flexibility index (Phi) is 4.04. The molecule has 120 valence electrons. The molecule has 0 bridgehead atoms. The second kappa shape index (κ2) is 6.00. The number of rotatable bonds is 3. The normalized spacial score (nSPS) is 11.0. The molecule has 0 fully saturated rings. The number of urea groups is 1.